The molecule has 114 valence electrons. The summed E-state index contributed by atoms with van der Waals surface area (Å²) in [5, 5.41) is 3.01. The van der Waals surface area contributed by atoms with Gasteiger partial charge in [-0.25, -0.2) is 0 Å². The number of amides is 2. The highest BCUT2D eigenvalue weighted by Gasteiger charge is 2.34. The number of rotatable bonds is 5. The van der Waals surface area contributed by atoms with Crippen molar-refractivity contribution in [2.24, 2.45) is 0 Å². The van der Waals surface area contributed by atoms with Gasteiger partial charge in [-0.3, -0.25) is 9.59 Å². The molecule has 4 nitrogen and oxygen atoms in total. The minimum absolute atomic E-state index is 0.0279. The van der Waals surface area contributed by atoms with Crippen molar-refractivity contribution in [1.82, 2.24) is 10.2 Å². The molecule has 1 atom stereocenters. The van der Waals surface area contributed by atoms with E-state index in [2.05, 4.69) is 5.32 Å². The van der Waals surface area contributed by atoms with Crippen LogP contribution in [0.2, 0.25) is 0 Å². The molecular weight excluding hydrogens is 272 g/mol. The van der Waals surface area contributed by atoms with Crippen molar-refractivity contribution in [3.8, 4) is 0 Å². The van der Waals surface area contributed by atoms with Crippen molar-refractivity contribution in [2.45, 2.75) is 63.5 Å². The van der Waals surface area contributed by atoms with Gasteiger partial charge < -0.3 is 10.2 Å². The first-order valence-electron chi connectivity index (χ1n) is 7.78. The predicted molar refractivity (Wildman–Crippen MR) is 82.7 cm³/mol. The zero-order chi connectivity index (χ0) is 14.4. The van der Waals surface area contributed by atoms with Gasteiger partial charge in [0.15, 0.2) is 0 Å². The monoisotopic (exact) mass is 298 g/mol. The molecule has 0 aromatic rings. The van der Waals surface area contributed by atoms with Crippen LogP contribution < -0.4 is 5.32 Å². The number of nitrogens with zero attached hydrogens (tertiary/aromatic N) is 1. The highest BCUT2D eigenvalue weighted by atomic mass is 32.2. The molecule has 0 aromatic carbocycles. The average molecular weight is 298 g/mol. The average Bonchev–Trinajstić information content (AvgIpc) is 2.66. The molecular formula is C15H26N2O2S. The van der Waals surface area contributed by atoms with Crippen LogP contribution >= 0.6 is 11.8 Å². The number of hydrogen-bond acceptors (Lipinski definition) is 3. The number of likely N-dealkylation sites (tertiary alicyclic amines) is 1. The second kappa shape index (κ2) is 7.91. The predicted octanol–water partition coefficient (Wildman–Crippen LogP) is 2.18. The Balaban J connectivity index is 1.81. The van der Waals surface area contributed by atoms with E-state index in [1.807, 2.05) is 11.2 Å². The molecule has 1 saturated heterocycles. The van der Waals surface area contributed by atoms with Gasteiger partial charge in [-0.05, 0) is 19.1 Å². The molecule has 1 aliphatic carbocycles. The lowest BCUT2D eigenvalue weighted by molar-refractivity contribution is -0.129. The Morgan fingerprint density at radius 1 is 1.30 bits per heavy atom. The number of thioether (sulfide) groups is 1. The van der Waals surface area contributed by atoms with Crippen LogP contribution in [-0.4, -0.2) is 47.4 Å². The minimum atomic E-state index is 0.0279. The first kappa shape index (κ1) is 15.7. The Hall–Kier alpha value is -0.710. The lowest BCUT2D eigenvalue weighted by atomic mass is 10.1. The molecule has 5 heteroatoms. The van der Waals surface area contributed by atoms with Gasteiger partial charge in [0, 0.05) is 31.2 Å². The van der Waals surface area contributed by atoms with Crippen LogP contribution in [0.15, 0.2) is 0 Å². The zero-order valence-electron chi connectivity index (χ0n) is 12.4. The third-order valence-electron chi connectivity index (χ3n) is 4.32. The van der Waals surface area contributed by atoms with Gasteiger partial charge in [-0.2, -0.15) is 11.8 Å². The van der Waals surface area contributed by atoms with Crippen molar-refractivity contribution in [3.05, 3.63) is 0 Å². The molecule has 2 fully saturated rings. The smallest absolute Gasteiger partial charge is 0.225 e. The molecule has 1 heterocycles. The van der Waals surface area contributed by atoms with Gasteiger partial charge in [0.2, 0.25) is 11.8 Å². The van der Waals surface area contributed by atoms with Crippen LogP contribution in [0, 0.1) is 0 Å². The molecule has 1 unspecified atom stereocenters. The van der Waals surface area contributed by atoms with Crippen LogP contribution in [0.3, 0.4) is 0 Å². The fourth-order valence-corrected chi connectivity index (χ4v) is 3.63. The van der Waals surface area contributed by atoms with E-state index in [4.69, 9.17) is 0 Å². The first-order valence-corrected chi connectivity index (χ1v) is 9.18. The Bertz CT molecular complexity index is 341. The van der Waals surface area contributed by atoms with Crippen LogP contribution in [0.25, 0.3) is 0 Å². The third-order valence-corrected chi connectivity index (χ3v) is 4.93. The minimum Gasteiger partial charge on any atom is -0.351 e. The number of hydrogen-bond donors (Lipinski definition) is 1. The van der Waals surface area contributed by atoms with Crippen LogP contribution in [0.1, 0.15) is 51.4 Å². The van der Waals surface area contributed by atoms with E-state index >= 15 is 0 Å². The van der Waals surface area contributed by atoms with Crippen molar-refractivity contribution in [1.29, 1.82) is 0 Å². The molecule has 2 amide bonds. The summed E-state index contributed by atoms with van der Waals surface area (Å²) in [7, 11) is 0. The van der Waals surface area contributed by atoms with Gasteiger partial charge in [0.25, 0.3) is 0 Å². The summed E-state index contributed by atoms with van der Waals surface area (Å²) in [4.78, 5) is 25.9. The highest BCUT2D eigenvalue weighted by molar-refractivity contribution is 7.98. The molecule has 20 heavy (non-hydrogen) atoms. The summed E-state index contributed by atoms with van der Waals surface area (Å²) in [6, 6.07) is 0.443. The van der Waals surface area contributed by atoms with Gasteiger partial charge in [-0.15, -0.1) is 0 Å². The van der Waals surface area contributed by atoms with Crippen LogP contribution in [0.5, 0.6) is 0 Å². The molecule has 0 spiro atoms. The molecule has 0 bridgehead atoms. The molecule has 1 aliphatic heterocycles. The maximum absolute atomic E-state index is 12.2. The van der Waals surface area contributed by atoms with Gasteiger partial charge in [0.05, 0.1) is 6.04 Å². The maximum Gasteiger partial charge on any atom is 0.225 e. The van der Waals surface area contributed by atoms with Crippen LogP contribution in [0.4, 0.5) is 0 Å². The van der Waals surface area contributed by atoms with Crippen molar-refractivity contribution < 1.29 is 9.59 Å². The second-order valence-electron chi connectivity index (χ2n) is 5.90. The SMILES string of the molecule is CSCCC(=O)NC1CC(=O)N(C2CCCCCC2)C1. The standard InChI is InChI=1S/C15H26N2O2S/c1-20-9-8-14(18)16-12-10-15(19)17(11-12)13-6-4-2-3-5-7-13/h12-13H,2-11H2,1H3,(H,16,18). The molecule has 0 radical (unpaired) electrons. The number of carbonyl (C=O) groups excluding carboxylic acids is 2. The summed E-state index contributed by atoms with van der Waals surface area (Å²) in [6.07, 6.45) is 10.4. The van der Waals surface area contributed by atoms with Gasteiger partial charge in [0.1, 0.15) is 0 Å². The Morgan fingerprint density at radius 2 is 2.00 bits per heavy atom. The fourth-order valence-electron chi connectivity index (χ4n) is 3.25. The molecule has 2 aliphatic rings. The Labute approximate surface area is 126 Å². The molecule has 1 saturated carbocycles. The number of carbonyl (C=O) groups is 2. The van der Waals surface area contributed by atoms with E-state index in [1.54, 1.807) is 11.8 Å². The largest absolute Gasteiger partial charge is 0.351 e. The molecule has 0 aromatic heterocycles. The van der Waals surface area contributed by atoms with Crippen molar-refractivity contribution in [2.75, 3.05) is 18.6 Å². The van der Waals surface area contributed by atoms with E-state index in [0.29, 0.717) is 25.4 Å². The fraction of sp³-hybridized carbons (Fsp3) is 0.867. The summed E-state index contributed by atoms with van der Waals surface area (Å²) in [5.74, 6) is 1.16. The maximum atomic E-state index is 12.2. The second-order valence-corrected chi connectivity index (χ2v) is 6.89. The van der Waals surface area contributed by atoms with E-state index < -0.39 is 0 Å². The van der Waals surface area contributed by atoms with Gasteiger partial charge >= 0.3 is 0 Å². The topological polar surface area (TPSA) is 49.4 Å². The molecule has 2 rings (SSSR count). The Kier molecular flexibility index (Phi) is 6.20. The van der Waals surface area contributed by atoms with Crippen LogP contribution in [-0.2, 0) is 9.59 Å². The number of nitrogens with one attached hydrogen (secondary N) is 1. The quantitative estimate of drug-likeness (QED) is 0.792. The summed E-state index contributed by atoms with van der Waals surface area (Å²) in [6.45, 7) is 0.717. The third kappa shape index (κ3) is 4.40. The summed E-state index contributed by atoms with van der Waals surface area (Å²) < 4.78 is 0. The lowest BCUT2D eigenvalue weighted by Crippen LogP contribution is -2.40. The normalized spacial score (nSPS) is 24.8. The van der Waals surface area contributed by atoms with E-state index in [9.17, 15) is 9.59 Å². The summed E-state index contributed by atoms with van der Waals surface area (Å²) >= 11 is 1.68. The summed E-state index contributed by atoms with van der Waals surface area (Å²) in [5.41, 5.74) is 0. The Morgan fingerprint density at radius 3 is 2.65 bits per heavy atom. The van der Waals surface area contributed by atoms with E-state index in [1.165, 1.54) is 25.7 Å². The van der Waals surface area contributed by atoms with Gasteiger partial charge in [-0.1, -0.05) is 25.7 Å². The van der Waals surface area contributed by atoms with E-state index in [-0.39, 0.29) is 17.9 Å². The van der Waals surface area contributed by atoms with E-state index in [0.717, 1.165) is 18.6 Å². The first-order chi connectivity index (χ1) is 9.70. The zero-order valence-corrected chi connectivity index (χ0v) is 13.2. The highest BCUT2D eigenvalue weighted by Crippen LogP contribution is 2.25. The lowest BCUT2D eigenvalue weighted by Gasteiger charge is -2.27. The molecule has 1 N–H and O–H groups in total. The van der Waals surface area contributed by atoms with Crippen molar-refractivity contribution >= 4 is 23.6 Å². The van der Waals surface area contributed by atoms with Crippen molar-refractivity contribution in [3.63, 3.8) is 0 Å².